The monoisotopic (exact) mass is 241 g/mol. The molecule has 1 N–H and O–H groups in total. The smallest absolute Gasteiger partial charge is 0.124 e. The van der Waals surface area contributed by atoms with Crippen LogP contribution < -0.4 is 4.74 Å². The van der Waals surface area contributed by atoms with E-state index in [2.05, 4.69) is 4.99 Å². The van der Waals surface area contributed by atoms with Crippen molar-refractivity contribution in [2.24, 2.45) is 4.99 Å². The predicted molar refractivity (Wildman–Crippen MR) is 73.1 cm³/mol. The first kappa shape index (κ1) is 12.2. The number of aromatic hydroxyl groups is 1. The highest BCUT2D eigenvalue weighted by Gasteiger charge is 2.00. The van der Waals surface area contributed by atoms with Crippen LogP contribution in [0.2, 0.25) is 0 Å². The molecule has 0 saturated carbocycles. The standard InChI is InChI=1S/C15H15NO2/c1-11-3-5-13(6-4-11)16-10-12-9-14(18-2)7-8-15(12)17/h3-10,17H,1-2H3. The fourth-order valence-electron chi connectivity index (χ4n) is 1.54. The number of nitrogens with zero attached hydrogens (tertiary/aromatic N) is 1. The number of methoxy groups -OCH3 is 1. The van der Waals surface area contributed by atoms with Gasteiger partial charge in [-0.3, -0.25) is 4.99 Å². The zero-order chi connectivity index (χ0) is 13.0. The van der Waals surface area contributed by atoms with Crippen LogP contribution in [0.1, 0.15) is 11.1 Å². The zero-order valence-corrected chi connectivity index (χ0v) is 10.4. The Hall–Kier alpha value is -2.29. The minimum Gasteiger partial charge on any atom is -0.507 e. The summed E-state index contributed by atoms with van der Waals surface area (Å²) in [6, 6.07) is 12.9. The van der Waals surface area contributed by atoms with E-state index in [1.54, 1.807) is 31.5 Å². The van der Waals surface area contributed by atoms with Crippen LogP contribution in [0, 0.1) is 6.92 Å². The first-order valence-corrected chi connectivity index (χ1v) is 5.67. The van der Waals surface area contributed by atoms with Crippen LogP contribution in [0.15, 0.2) is 47.5 Å². The van der Waals surface area contributed by atoms with Gasteiger partial charge in [-0.25, -0.2) is 0 Å². The van der Waals surface area contributed by atoms with Crippen LogP contribution in [-0.4, -0.2) is 18.4 Å². The summed E-state index contributed by atoms with van der Waals surface area (Å²) in [5.74, 6) is 0.879. The number of aryl methyl sites for hydroxylation is 1. The minimum atomic E-state index is 0.187. The molecule has 92 valence electrons. The topological polar surface area (TPSA) is 41.8 Å². The normalized spacial score (nSPS) is 10.8. The van der Waals surface area contributed by atoms with E-state index in [0.29, 0.717) is 11.3 Å². The van der Waals surface area contributed by atoms with Crippen LogP contribution >= 0.6 is 0 Å². The fraction of sp³-hybridized carbons (Fsp3) is 0.133. The Balaban J connectivity index is 2.25. The van der Waals surface area contributed by atoms with Gasteiger partial charge in [0, 0.05) is 11.8 Å². The van der Waals surface area contributed by atoms with Crippen molar-refractivity contribution in [1.82, 2.24) is 0 Å². The minimum absolute atomic E-state index is 0.187. The highest BCUT2D eigenvalue weighted by atomic mass is 16.5. The summed E-state index contributed by atoms with van der Waals surface area (Å²) >= 11 is 0. The Labute approximate surface area is 106 Å². The number of phenols is 1. The summed E-state index contributed by atoms with van der Waals surface area (Å²) in [7, 11) is 1.59. The third-order valence-corrected chi connectivity index (χ3v) is 2.62. The van der Waals surface area contributed by atoms with E-state index >= 15 is 0 Å². The number of hydrogen-bond acceptors (Lipinski definition) is 3. The second-order valence-electron chi connectivity index (χ2n) is 4.02. The summed E-state index contributed by atoms with van der Waals surface area (Å²) in [5, 5.41) is 9.71. The molecule has 0 aliphatic carbocycles. The number of benzene rings is 2. The summed E-state index contributed by atoms with van der Waals surface area (Å²) < 4.78 is 5.10. The van der Waals surface area contributed by atoms with Crippen molar-refractivity contribution in [2.75, 3.05) is 7.11 Å². The van der Waals surface area contributed by atoms with Crippen molar-refractivity contribution in [3.05, 3.63) is 53.6 Å². The summed E-state index contributed by atoms with van der Waals surface area (Å²) in [6.45, 7) is 2.03. The van der Waals surface area contributed by atoms with Gasteiger partial charge in [-0.15, -0.1) is 0 Å². The lowest BCUT2D eigenvalue weighted by atomic mass is 10.2. The van der Waals surface area contributed by atoms with Crippen molar-refractivity contribution in [3.8, 4) is 11.5 Å². The quantitative estimate of drug-likeness (QED) is 0.836. The Morgan fingerprint density at radius 1 is 1.11 bits per heavy atom. The average molecular weight is 241 g/mol. The van der Waals surface area contributed by atoms with E-state index in [-0.39, 0.29) is 5.75 Å². The van der Waals surface area contributed by atoms with E-state index in [0.717, 1.165) is 5.69 Å². The maximum Gasteiger partial charge on any atom is 0.124 e. The Bertz CT molecular complexity index is 559. The van der Waals surface area contributed by atoms with Crippen LogP contribution in [-0.2, 0) is 0 Å². The van der Waals surface area contributed by atoms with Gasteiger partial charge >= 0.3 is 0 Å². The first-order valence-electron chi connectivity index (χ1n) is 5.67. The van der Waals surface area contributed by atoms with E-state index in [4.69, 9.17) is 4.74 Å². The molecule has 18 heavy (non-hydrogen) atoms. The first-order chi connectivity index (χ1) is 8.69. The average Bonchev–Trinajstić information content (AvgIpc) is 2.40. The van der Waals surface area contributed by atoms with Crippen LogP contribution in [0.4, 0.5) is 5.69 Å². The molecule has 0 radical (unpaired) electrons. The third-order valence-electron chi connectivity index (χ3n) is 2.62. The van der Waals surface area contributed by atoms with Crippen molar-refractivity contribution >= 4 is 11.9 Å². The molecule has 0 amide bonds. The molecule has 0 fully saturated rings. The SMILES string of the molecule is COc1ccc(O)c(C=Nc2ccc(C)cc2)c1. The summed E-state index contributed by atoms with van der Waals surface area (Å²) in [4.78, 5) is 4.31. The molecule has 2 aromatic carbocycles. The van der Waals surface area contributed by atoms with E-state index in [1.165, 1.54) is 5.56 Å². The number of hydrogen-bond donors (Lipinski definition) is 1. The van der Waals surface area contributed by atoms with Gasteiger partial charge in [0.05, 0.1) is 12.8 Å². The summed E-state index contributed by atoms with van der Waals surface area (Å²) in [5.41, 5.74) is 2.68. The maximum absolute atomic E-state index is 9.71. The Kier molecular flexibility index (Phi) is 3.63. The number of aliphatic imine (C=N–C) groups is 1. The molecule has 0 aromatic heterocycles. The fourth-order valence-corrected chi connectivity index (χ4v) is 1.54. The molecule has 0 aliphatic heterocycles. The van der Waals surface area contributed by atoms with Gasteiger partial charge in [-0.2, -0.15) is 0 Å². The molecule has 0 saturated heterocycles. The maximum atomic E-state index is 9.71. The molecular formula is C15H15NO2. The second kappa shape index (κ2) is 5.36. The molecule has 3 nitrogen and oxygen atoms in total. The van der Waals surface area contributed by atoms with Crippen molar-refractivity contribution in [2.45, 2.75) is 6.92 Å². The van der Waals surface area contributed by atoms with E-state index < -0.39 is 0 Å². The lowest BCUT2D eigenvalue weighted by Crippen LogP contribution is -1.87. The number of ether oxygens (including phenoxy) is 1. The molecule has 0 aliphatic rings. The Morgan fingerprint density at radius 2 is 1.83 bits per heavy atom. The highest BCUT2D eigenvalue weighted by Crippen LogP contribution is 2.22. The molecule has 2 rings (SSSR count). The molecule has 3 heteroatoms. The molecular weight excluding hydrogens is 226 g/mol. The molecule has 0 heterocycles. The van der Waals surface area contributed by atoms with Gasteiger partial charge in [0.1, 0.15) is 11.5 Å². The molecule has 0 spiro atoms. The Morgan fingerprint density at radius 3 is 2.50 bits per heavy atom. The van der Waals surface area contributed by atoms with Gasteiger partial charge < -0.3 is 9.84 Å². The van der Waals surface area contributed by atoms with Crippen LogP contribution in [0.5, 0.6) is 11.5 Å². The van der Waals surface area contributed by atoms with Crippen molar-refractivity contribution in [1.29, 1.82) is 0 Å². The van der Waals surface area contributed by atoms with E-state index in [9.17, 15) is 5.11 Å². The van der Waals surface area contributed by atoms with Gasteiger partial charge in [0.2, 0.25) is 0 Å². The lowest BCUT2D eigenvalue weighted by Gasteiger charge is -2.03. The number of phenolic OH excluding ortho intramolecular Hbond substituents is 1. The molecule has 0 bridgehead atoms. The van der Waals surface area contributed by atoms with Gasteiger partial charge in [0.15, 0.2) is 0 Å². The van der Waals surface area contributed by atoms with Gasteiger partial charge in [-0.05, 0) is 37.3 Å². The molecule has 0 unspecified atom stereocenters. The lowest BCUT2D eigenvalue weighted by molar-refractivity contribution is 0.412. The largest absolute Gasteiger partial charge is 0.507 e. The third kappa shape index (κ3) is 2.88. The number of rotatable bonds is 3. The molecule has 2 aromatic rings. The van der Waals surface area contributed by atoms with Crippen LogP contribution in [0.3, 0.4) is 0 Å². The second-order valence-corrected chi connectivity index (χ2v) is 4.02. The predicted octanol–water partition coefficient (Wildman–Crippen LogP) is 3.46. The highest BCUT2D eigenvalue weighted by molar-refractivity contribution is 5.85. The van der Waals surface area contributed by atoms with Gasteiger partial charge in [-0.1, -0.05) is 17.7 Å². The van der Waals surface area contributed by atoms with E-state index in [1.807, 2.05) is 31.2 Å². The molecule has 0 atom stereocenters. The van der Waals surface area contributed by atoms with Gasteiger partial charge in [0.25, 0.3) is 0 Å². The summed E-state index contributed by atoms with van der Waals surface area (Å²) in [6.07, 6.45) is 1.63. The zero-order valence-electron chi connectivity index (χ0n) is 10.4. The van der Waals surface area contributed by atoms with Crippen molar-refractivity contribution < 1.29 is 9.84 Å². The van der Waals surface area contributed by atoms with Crippen molar-refractivity contribution in [3.63, 3.8) is 0 Å². The van der Waals surface area contributed by atoms with Crippen LogP contribution in [0.25, 0.3) is 0 Å².